The molecular formula is C47H61FO13. The molecule has 0 aromatic heterocycles. The van der Waals surface area contributed by atoms with Crippen LogP contribution in [0.3, 0.4) is 0 Å². The summed E-state index contributed by atoms with van der Waals surface area (Å²) < 4.78 is 53.6. The molecule has 0 bridgehead atoms. The molecule has 14 heteroatoms. The Morgan fingerprint density at radius 1 is 0.705 bits per heavy atom. The molecular weight excluding hydrogens is 792 g/mol. The van der Waals surface area contributed by atoms with Crippen molar-refractivity contribution in [3.8, 4) is 22.6 Å². The van der Waals surface area contributed by atoms with Crippen LogP contribution in [0, 0.1) is 29.0 Å². The van der Waals surface area contributed by atoms with Gasteiger partial charge in [0, 0.05) is 28.3 Å². The predicted molar refractivity (Wildman–Crippen MR) is 224 cm³/mol. The largest absolute Gasteiger partial charge is 0.492 e. The van der Waals surface area contributed by atoms with E-state index < -0.39 is 85.3 Å². The molecule has 0 aliphatic heterocycles. The first kappa shape index (κ1) is 49.8. The summed E-state index contributed by atoms with van der Waals surface area (Å²) in [5, 5.41) is 0. The van der Waals surface area contributed by atoms with Crippen LogP contribution in [0.15, 0.2) is 60.7 Å². The molecule has 3 rings (SSSR count). The van der Waals surface area contributed by atoms with Gasteiger partial charge in [0.15, 0.2) is 11.8 Å². The average molecular weight is 853 g/mol. The van der Waals surface area contributed by atoms with Crippen LogP contribution in [0.5, 0.6) is 11.5 Å². The predicted octanol–water partition coefficient (Wildman–Crippen LogP) is 8.41. The van der Waals surface area contributed by atoms with Crippen molar-refractivity contribution >= 4 is 35.8 Å². The standard InChI is InChI=1S/C47H61FO13/c1-10-11-12-13-14-33-15-17-34(18-16-33)35-19-21-37(39(48)23-35)38-22-20-36(24-40(38)61-42(50)30(4)5)57-25-47(26-58-41(49)29(2)3,27-59-45(53)31(6)43(51)55-8)28-60-46(54)32(7)44(52)56-9/h19-24,31-34H,2,4,10-18,25-28H2,1,3,5-9H3. The zero-order valence-corrected chi connectivity index (χ0v) is 36.6. The van der Waals surface area contributed by atoms with E-state index in [1.165, 1.54) is 78.0 Å². The highest BCUT2D eigenvalue weighted by Crippen LogP contribution is 2.41. The van der Waals surface area contributed by atoms with Gasteiger partial charge < -0.3 is 33.2 Å². The average Bonchev–Trinajstić information content (AvgIpc) is 3.26. The third-order valence-electron chi connectivity index (χ3n) is 10.8. The maximum absolute atomic E-state index is 16.1. The van der Waals surface area contributed by atoms with Gasteiger partial charge >= 0.3 is 35.8 Å². The van der Waals surface area contributed by atoms with Crippen LogP contribution in [0.4, 0.5) is 4.39 Å². The van der Waals surface area contributed by atoms with E-state index in [1.54, 1.807) is 12.1 Å². The Balaban J connectivity index is 1.97. The van der Waals surface area contributed by atoms with Crippen molar-refractivity contribution in [3.63, 3.8) is 0 Å². The van der Waals surface area contributed by atoms with Gasteiger partial charge in [-0.3, -0.25) is 19.2 Å². The summed E-state index contributed by atoms with van der Waals surface area (Å²) in [7, 11) is 2.20. The second kappa shape index (κ2) is 24.0. The number of hydrogen-bond donors (Lipinski definition) is 0. The first-order valence-electron chi connectivity index (χ1n) is 20.7. The number of rotatable bonds is 23. The van der Waals surface area contributed by atoms with Crippen LogP contribution < -0.4 is 9.47 Å². The lowest BCUT2D eigenvalue weighted by molar-refractivity contribution is -0.170. The molecule has 0 heterocycles. The van der Waals surface area contributed by atoms with E-state index in [4.69, 9.17) is 23.7 Å². The molecule has 1 aliphatic carbocycles. The lowest BCUT2D eigenvalue weighted by Gasteiger charge is -2.32. The first-order chi connectivity index (χ1) is 28.9. The van der Waals surface area contributed by atoms with Gasteiger partial charge in [-0.1, -0.05) is 64.3 Å². The van der Waals surface area contributed by atoms with Crippen molar-refractivity contribution in [1.82, 2.24) is 0 Å². The molecule has 1 aliphatic rings. The second-order valence-corrected chi connectivity index (χ2v) is 16.0. The number of carbonyl (C=O) groups is 6. The molecule has 0 N–H and O–H groups in total. The highest BCUT2D eigenvalue weighted by Gasteiger charge is 2.40. The Labute approximate surface area is 358 Å². The van der Waals surface area contributed by atoms with Crippen molar-refractivity contribution in [1.29, 1.82) is 0 Å². The Bertz CT molecular complexity index is 1860. The maximum atomic E-state index is 16.1. The Hall–Kier alpha value is -5.53. The molecule has 0 saturated heterocycles. The molecule has 2 aromatic rings. The Morgan fingerprint density at radius 3 is 1.79 bits per heavy atom. The van der Waals surface area contributed by atoms with E-state index in [9.17, 15) is 28.8 Å². The molecule has 0 spiro atoms. The fourth-order valence-electron chi connectivity index (χ4n) is 6.81. The van der Waals surface area contributed by atoms with E-state index in [0.29, 0.717) is 5.92 Å². The van der Waals surface area contributed by atoms with Crippen LogP contribution in [0.25, 0.3) is 11.1 Å². The van der Waals surface area contributed by atoms with E-state index in [0.717, 1.165) is 45.5 Å². The molecule has 334 valence electrons. The van der Waals surface area contributed by atoms with Crippen molar-refractivity contribution < 1.29 is 66.3 Å². The number of carbonyl (C=O) groups excluding carboxylic acids is 6. The van der Waals surface area contributed by atoms with Crippen molar-refractivity contribution in [3.05, 3.63) is 72.1 Å². The molecule has 2 aromatic carbocycles. The van der Waals surface area contributed by atoms with Gasteiger partial charge in [-0.05, 0) is 89.0 Å². The minimum Gasteiger partial charge on any atom is -0.492 e. The van der Waals surface area contributed by atoms with E-state index in [1.807, 2.05) is 6.07 Å². The third kappa shape index (κ3) is 14.9. The number of benzene rings is 2. The fourth-order valence-corrected chi connectivity index (χ4v) is 6.81. The smallest absolute Gasteiger partial charge is 0.338 e. The minimum atomic E-state index is -1.68. The number of ether oxygens (including phenoxy) is 7. The minimum absolute atomic E-state index is 0.0304. The van der Waals surface area contributed by atoms with Gasteiger partial charge in [-0.2, -0.15) is 0 Å². The summed E-state index contributed by atoms with van der Waals surface area (Å²) in [4.78, 5) is 75.5. The molecule has 0 radical (unpaired) electrons. The SMILES string of the molecule is C=C(C)C(=O)OCC(COC(=O)C(C)C(=O)OC)(COC(=O)C(C)C(=O)OC)COc1ccc(-c2ccc(C3CCC(CCCCCC)CC3)cc2F)c(OC(=O)C(=C)C)c1. The first-order valence-corrected chi connectivity index (χ1v) is 20.7. The summed E-state index contributed by atoms with van der Waals surface area (Å²) in [6.07, 6.45) is 10.4. The summed E-state index contributed by atoms with van der Waals surface area (Å²) in [6, 6.07) is 9.48. The van der Waals surface area contributed by atoms with Crippen LogP contribution in [-0.4, -0.2) is 76.5 Å². The van der Waals surface area contributed by atoms with Gasteiger partial charge in [-0.25, -0.2) is 14.0 Å². The number of hydrogen-bond acceptors (Lipinski definition) is 13. The van der Waals surface area contributed by atoms with Gasteiger partial charge in [0.05, 0.1) is 14.2 Å². The lowest BCUT2D eigenvalue weighted by Crippen LogP contribution is -2.45. The zero-order chi connectivity index (χ0) is 45.3. The van der Waals surface area contributed by atoms with E-state index in [2.05, 4.69) is 29.6 Å². The van der Waals surface area contributed by atoms with Crippen molar-refractivity contribution in [2.45, 2.75) is 98.3 Å². The molecule has 2 unspecified atom stereocenters. The Kier molecular flexibility index (Phi) is 19.6. The summed E-state index contributed by atoms with van der Waals surface area (Å²) in [6.45, 7) is 12.5. The summed E-state index contributed by atoms with van der Waals surface area (Å²) in [5.41, 5.74) is -0.214. The summed E-state index contributed by atoms with van der Waals surface area (Å²) >= 11 is 0. The second-order valence-electron chi connectivity index (χ2n) is 16.0. The van der Waals surface area contributed by atoms with Crippen molar-refractivity contribution in [2.24, 2.45) is 23.2 Å². The number of esters is 6. The quantitative estimate of drug-likeness (QED) is 0.0261. The number of unbranched alkanes of at least 4 members (excludes halogenated alkanes) is 3. The van der Waals surface area contributed by atoms with E-state index in [-0.39, 0.29) is 39.7 Å². The van der Waals surface area contributed by atoms with Gasteiger partial charge in [0.25, 0.3) is 0 Å². The monoisotopic (exact) mass is 852 g/mol. The van der Waals surface area contributed by atoms with Gasteiger partial charge in [0.1, 0.15) is 49.2 Å². The molecule has 0 amide bonds. The molecule has 2 atom stereocenters. The molecule has 1 saturated carbocycles. The molecule has 1 fully saturated rings. The van der Waals surface area contributed by atoms with Crippen LogP contribution in [-0.2, 0) is 52.5 Å². The number of halogens is 1. The molecule has 13 nitrogen and oxygen atoms in total. The molecule has 61 heavy (non-hydrogen) atoms. The third-order valence-corrected chi connectivity index (χ3v) is 10.8. The maximum Gasteiger partial charge on any atom is 0.338 e. The topological polar surface area (TPSA) is 167 Å². The normalized spacial score (nSPS) is 16.7. The van der Waals surface area contributed by atoms with Crippen LogP contribution >= 0.6 is 0 Å². The zero-order valence-electron chi connectivity index (χ0n) is 36.6. The van der Waals surface area contributed by atoms with Crippen LogP contribution in [0.2, 0.25) is 0 Å². The highest BCUT2D eigenvalue weighted by molar-refractivity contribution is 5.95. The van der Waals surface area contributed by atoms with Gasteiger partial charge in [0.2, 0.25) is 0 Å². The van der Waals surface area contributed by atoms with Gasteiger partial charge in [-0.15, -0.1) is 0 Å². The number of methoxy groups -OCH3 is 2. The van der Waals surface area contributed by atoms with E-state index >= 15 is 4.39 Å². The summed E-state index contributed by atoms with van der Waals surface area (Å²) in [5.74, 6) is -7.61. The lowest BCUT2D eigenvalue weighted by atomic mass is 9.77. The fraction of sp³-hybridized carbons (Fsp3) is 0.532. The van der Waals surface area contributed by atoms with Crippen molar-refractivity contribution in [2.75, 3.05) is 40.6 Å². The Morgan fingerprint density at radius 2 is 1.26 bits per heavy atom. The highest BCUT2D eigenvalue weighted by atomic mass is 19.1. The van der Waals surface area contributed by atoms with Crippen LogP contribution in [0.1, 0.15) is 104 Å².